The van der Waals surface area contributed by atoms with Crippen LogP contribution >= 0.6 is 11.8 Å². The second-order valence-corrected chi connectivity index (χ2v) is 8.09. The molecule has 25 heavy (non-hydrogen) atoms. The van der Waals surface area contributed by atoms with Gasteiger partial charge in [0.2, 0.25) is 11.8 Å². The van der Waals surface area contributed by atoms with Crippen molar-refractivity contribution in [2.75, 3.05) is 24.2 Å². The van der Waals surface area contributed by atoms with Gasteiger partial charge in [-0.05, 0) is 36.8 Å². The predicted octanol–water partition coefficient (Wildman–Crippen LogP) is 2.08. The molecule has 4 rings (SSSR count). The Labute approximate surface area is 150 Å². The summed E-state index contributed by atoms with van der Waals surface area (Å²) in [5, 5.41) is 5.58. The van der Waals surface area contributed by atoms with E-state index >= 15 is 0 Å². The Morgan fingerprint density at radius 3 is 2.56 bits per heavy atom. The minimum Gasteiger partial charge on any atom is -0.341 e. The highest BCUT2D eigenvalue weighted by atomic mass is 32.2. The summed E-state index contributed by atoms with van der Waals surface area (Å²) in [6.07, 6.45) is 2.63. The molecule has 132 valence electrons. The van der Waals surface area contributed by atoms with Crippen LogP contribution < -0.4 is 10.6 Å². The molecule has 3 amide bonds. The molecule has 3 aliphatic rings. The Hall–Kier alpha value is -2.02. The van der Waals surface area contributed by atoms with Crippen molar-refractivity contribution in [2.24, 2.45) is 11.3 Å². The van der Waals surface area contributed by atoms with Crippen LogP contribution in [0.1, 0.15) is 19.3 Å². The van der Waals surface area contributed by atoms with Gasteiger partial charge in [0.1, 0.15) is 6.04 Å². The molecule has 0 aromatic heterocycles. The van der Waals surface area contributed by atoms with Crippen molar-refractivity contribution in [3.05, 3.63) is 30.3 Å². The van der Waals surface area contributed by atoms with E-state index in [0.29, 0.717) is 18.8 Å². The quantitative estimate of drug-likeness (QED) is 0.866. The molecule has 1 saturated carbocycles. The van der Waals surface area contributed by atoms with Crippen LogP contribution in [0.15, 0.2) is 30.3 Å². The fraction of sp³-hybridized carbons (Fsp3) is 0.500. The zero-order valence-electron chi connectivity index (χ0n) is 13.9. The summed E-state index contributed by atoms with van der Waals surface area (Å²) in [6, 6.07) is 9.13. The molecule has 2 saturated heterocycles. The number of rotatable bonds is 3. The molecular formula is C18H21N3O3S. The third kappa shape index (κ3) is 3.25. The topological polar surface area (TPSA) is 78.5 Å². The van der Waals surface area contributed by atoms with Crippen molar-refractivity contribution in [2.45, 2.75) is 25.3 Å². The third-order valence-electron chi connectivity index (χ3n) is 5.59. The predicted molar refractivity (Wildman–Crippen MR) is 96.2 cm³/mol. The summed E-state index contributed by atoms with van der Waals surface area (Å²) in [6.45, 7) is 1.34. The van der Waals surface area contributed by atoms with Gasteiger partial charge in [0.05, 0.1) is 0 Å². The van der Waals surface area contributed by atoms with Crippen LogP contribution in [-0.4, -0.2) is 46.8 Å². The van der Waals surface area contributed by atoms with Crippen molar-refractivity contribution in [1.82, 2.24) is 10.2 Å². The molecule has 1 unspecified atom stereocenters. The summed E-state index contributed by atoms with van der Waals surface area (Å²) in [4.78, 5) is 38.0. The van der Waals surface area contributed by atoms with Crippen molar-refractivity contribution in [3.8, 4) is 0 Å². The first kappa shape index (κ1) is 16.4. The second-order valence-electron chi connectivity index (χ2n) is 7.10. The highest BCUT2D eigenvalue weighted by molar-refractivity contribution is 8.14. The Kier molecular flexibility index (Phi) is 4.19. The minimum atomic E-state index is -0.386. The average molecular weight is 359 g/mol. The number of hydrogen-bond acceptors (Lipinski definition) is 4. The summed E-state index contributed by atoms with van der Waals surface area (Å²) in [5.41, 5.74) is 0.889. The van der Waals surface area contributed by atoms with Gasteiger partial charge < -0.3 is 15.5 Å². The van der Waals surface area contributed by atoms with Crippen LogP contribution in [-0.2, 0) is 9.59 Å². The first-order valence-corrected chi connectivity index (χ1v) is 9.64. The number of thioether (sulfide) groups is 1. The number of hydrogen-bond donors (Lipinski definition) is 2. The summed E-state index contributed by atoms with van der Waals surface area (Å²) in [7, 11) is 0. The lowest BCUT2D eigenvalue weighted by molar-refractivity contribution is -0.134. The molecule has 1 aromatic rings. The van der Waals surface area contributed by atoms with Crippen molar-refractivity contribution in [3.63, 3.8) is 0 Å². The van der Waals surface area contributed by atoms with Gasteiger partial charge in [-0.25, -0.2) is 0 Å². The van der Waals surface area contributed by atoms with Gasteiger partial charge in [0.15, 0.2) is 0 Å². The molecule has 0 bridgehead atoms. The SMILES string of the molecule is O=C1N[C@H](C(=O)N2CCC3(CC2)CC3C(=O)Nc2ccccc2)CS1. The van der Waals surface area contributed by atoms with Gasteiger partial charge in [0, 0.05) is 30.4 Å². The second kappa shape index (κ2) is 6.37. The number of nitrogens with zero attached hydrogens (tertiary/aromatic N) is 1. The molecule has 3 fully saturated rings. The monoisotopic (exact) mass is 359 g/mol. The van der Waals surface area contributed by atoms with E-state index in [4.69, 9.17) is 0 Å². The van der Waals surface area contributed by atoms with Gasteiger partial charge >= 0.3 is 0 Å². The molecule has 0 radical (unpaired) electrons. The molecule has 2 heterocycles. The standard InChI is InChI=1S/C18H21N3O3S/c22-15(19-12-4-2-1-3-5-12)13-10-18(13)6-8-21(9-7-18)16(23)14-11-25-17(24)20-14/h1-5,13-14H,6-11H2,(H,19,22)(H,20,24)/t13?,14-/m0/s1. The number of para-hydroxylation sites is 1. The van der Waals surface area contributed by atoms with Gasteiger partial charge in [-0.15, -0.1) is 0 Å². The Morgan fingerprint density at radius 1 is 1.20 bits per heavy atom. The van der Waals surface area contributed by atoms with Gasteiger partial charge in [-0.3, -0.25) is 14.4 Å². The first-order chi connectivity index (χ1) is 12.1. The minimum absolute atomic E-state index is 0.0131. The van der Waals surface area contributed by atoms with Gasteiger partial charge in [0.25, 0.3) is 5.24 Å². The van der Waals surface area contributed by atoms with E-state index in [-0.39, 0.29) is 34.4 Å². The number of piperidine rings is 1. The van der Waals surface area contributed by atoms with E-state index in [1.807, 2.05) is 35.2 Å². The lowest BCUT2D eigenvalue weighted by Crippen LogP contribution is -2.49. The molecule has 7 heteroatoms. The number of nitrogens with one attached hydrogen (secondary N) is 2. The molecule has 1 aromatic carbocycles. The van der Waals surface area contributed by atoms with Crippen LogP contribution in [0.5, 0.6) is 0 Å². The van der Waals surface area contributed by atoms with Crippen molar-refractivity contribution in [1.29, 1.82) is 0 Å². The summed E-state index contributed by atoms with van der Waals surface area (Å²) < 4.78 is 0. The zero-order valence-corrected chi connectivity index (χ0v) is 14.7. The van der Waals surface area contributed by atoms with E-state index in [1.54, 1.807) is 0 Å². The third-order valence-corrected chi connectivity index (χ3v) is 6.47. The van der Waals surface area contributed by atoms with E-state index < -0.39 is 0 Å². The highest BCUT2D eigenvalue weighted by Gasteiger charge is 2.58. The number of amides is 3. The molecule has 2 atom stereocenters. The van der Waals surface area contributed by atoms with Crippen LogP contribution in [0.3, 0.4) is 0 Å². The number of carbonyl (C=O) groups is 3. The number of benzene rings is 1. The molecule has 2 N–H and O–H groups in total. The Morgan fingerprint density at radius 2 is 1.92 bits per heavy atom. The van der Waals surface area contributed by atoms with Crippen molar-refractivity contribution >= 4 is 34.5 Å². The molecule has 1 spiro atoms. The molecule has 1 aliphatic carbocycles. The Bertz CT molecular complexity index is 701. The normalized spacial score (nSPS) is 27.0. The van der Waals surface area contributed by atoms with E-state index in [2.05, 4.69) is 10.6 Å². The van der Waals surface area contributed by atoms with Gasteiger partial charge in [-0.1, -0.05) is 30.0 Å². The number of anilines is 1. The molecule has 6 nitrogen and oxygen atoms in total. The van der Waals surface area contributed by atoms with Gasteiger partial charge in [-0.2, -0.15) is 0 Å². The maximum atomic E-state index is 12.5. The van der Waals surface area contributed by atoms with Crippen LogP contribution in [0, 0.1) is 11.3 Å². The van der Waals surface area contributed by atoms with Crippen LogP contribution in [0.2, 0.25) is 0 Å². The fourth-order valence-corrected chi connectivity index (χ4v) is 4.70. The fourth-order valence-electron chi connectivity index (χ4n) is 3.93. The zero-order chi connectivity index (χ0) is 17.4. The lowest BCUT2D eigenvalue weighted by Gasteiger charge is -2.34. The van der Waals surface area contributed by atoms with Crippen LogP contribution in [0.25, 0.3) is 0 Å². The lowest BCUT2D eigenvalue weighted by atomic mass is 9.90. The number of carbonyl (C=O) groups excluding carboxylic acids is 3. The Balaban J connectivity index is 1.30. The maximum absolute atomic E-state index is 12.5. The van der Waals surface area contributed by atoms with Crippen LogP contribution in [0.4, 0.5) is 10.5 Å². The smallest absolute Gasteiger partial charge is 0.279 e. The summed E-state index contributed by atoms with van der Waals surface area (Å²) in [5.74, 6) is 0.665. The molecule has 2 aliphatic heterocycles. The average Bonchev–Trinajstić information content (AvgIpc) is 3.15. The van der Waals surface area contributed by atoms with Crippen molar-refractivity contribution < 1.29 is 14.4 Å². The molecular weight excluding hydrogens is 338 g/mol. The van der Waals surface area contributed by atoms with E-state index in [9.17, 15) is 14.4 Å². The largest absolute Gasteiger partial charge is 0.341 e. The van der Waals surface area contributed by atoms with E-state index in [0.717, 1.165) is 36.7 Å². The number of likely N-dealkylation sites (tertiary alicyclic amines) is 1. The van der Waals surface area contributed by atoms with E-state index in [1.165, 1.54) is 0 Å². The highest BCUT2D eigenvalue weighted by Crippen LogP contribution is 2.59. The summed E-state index contributed by atoms with van der Waals surface area (Å²) >= 11 is 1.16. The maximum Gasteiger partial charge on any atom is 0.279 e. The first-order valence-electron chi connectivity index (χ1n) is 8.65.